The normalized spacial score (nSPS) is 18.8. The van der Waals surface area contributed by atoms with E-state index >= 15 is 0 Å². The standard InChI is InChI=1S/C13H20N4O2S/c1-17(7-10-8-20-9-15-10)12(18)13(11(14)16-19)5-3-2-4-6-13/h8-9,19H,2-7H2,1H3,(H2,14,16). The number of hydrogen-bond donors (Lipinski definition) is 2. The van der Waals surface area contributed by atoms with E-state index in [0.29, 0.717) is 19.4 Å². The first-order valence-electron chi connectivity index (χ1n) is 6.71. The van der Waals surface area contributed by atoms with Gasteiger partial charge in [-0.1, -0.05) is 24.4 Å². The fraction of sp³-hybridized carbons (Fsp3) is 0.615. The van der Waals surface area contributed by atoms with Crippen LogP contribution in [0.1, 0.15) is 37.8 Å². The van der Waals surface area contributed by atoms with Gasteiger partial charge in [-0.05, 0) is 12.8 Å². The van der Waals surface area contributed by atoms with Crippen molar-refractivity contribution in [3.63, 3.8) is 0 Å². The highest BCUT2D eigenvalue weighted by Gasteiger charge is 2.45. The van der Waals surface area contributed by atoms with E-state index in [1.165, 1.54) is 11.3 Å². The largest absolute Gasteiger partial charge is 0.409 e. The lowest BCUT2D eigenvalue weighted by Crippen LogP contribution is -2.51. The molecule has 0 spiro atoms. The van der Waals surface area contributed by atoms with Gasteiger partial charge >= 0.3 is 0 Å². The minimum absolute atomic E-state index is 0.0346. The van der Waals surface area contributed by atoms with Crippen molar-refractivity contribution in [2.45, 2.75) is 38.6 Å². The van der Waals surface area contributed by atoms with Crippen molar-refractivity contribution in [1.82, 2.24) is 9.88 Å². The SMILES string of the molecule is CN(Cc1cscn1)C(=O)C1(C(N)=NO)CCCCC1. The molecule has 7 heteroatoms. The zero-order valence-electron chi connectivity index (χ0n) is 11.6. The van der Waals surface area contributed by atoms with E-state index in [4.69, 9.17) is 10.9 Å². The van der Waals surface area contributed by atoms with Gasteiger partial charge in [-0.3, -0.25) is 4.79 Å². The Labute approximate surface area is 122 Å². The van der Waals surface area contributed by atoms with Crippen molar-refractivity contribution in [2.24, 2.45) is 16.3 Å². The van der Waals surface area contributed by atoms with Crippen LogP contribution in [-0.4, -0.2) is 33.9 Å². The van der Waals surface area contributed by atoms with Gasteiger partial charge in [-0.25, -0.2) is 4.98 Å². The number of hydrogen-bond acceptors (Lipinski definition) is 5. The van der Waals surface area contributed by atoms with Gasteiger partial charge in [0.25, 0.3) is 0 Å². The summed E-state index contributed by atoms with van der Waals surface area (Å²) in [4.78, 5) is 18.6. The molecule has 0 bridgehead atoms. The molecule has 1 aliphatic carbocycles. The second kappa shape index (κ2) is 6.21. The van der Waals surface area contributed by atoms with Crippen LogP contribution in [0.2, 0.25) is 0 Å². The summed E-state index contributed by atoms with van der Waals surface area (Å²) in [5.74, 6) is -0.0483. The third-order valence-electron chi connectivity index (χ3n) is 3.94. The van der Waals surface area contributed by atoms with Gasteiger partial charge in [0.15, 0.2) is 5.84 Å². The van der Waals surface area contributed by atoms with Crippen LogP contribution in [0.4, 0.5) is 0 Å². The number of nitrogens with zero attached hydrogens (tertiary/aromatic N) is 3. The van der Waals surface area contributed by atoms with Gasteiger partial charge in [0, 0.05) is 12.4 Å². The van der Waals surface area contributed by atoms with E-state index in [0.717, 1.165) is 25.0 Å². The lowest BCUT2D eigenvalue weighted by molar-refractivity contribution is -0.139. The van der Waals surface area contributed by atoms with Gasteiger partial charge in [0.2, 0.25) is 5.91 Å². The monoisotopic (exact) mass is 296 g/mol. The van der Waals surface area contributed by atoms with Crippen LogP contribution in [0, 0.1) is 5.41 Å². The fourth-order valence-electron chi connectivity index (χ4n) is 2.83. The zero-order valence-corrected chi connectivity index (χ0v) is 12.4. The van der Waals surface area contributed by atoms with Gasteiger partial charge < -0.3 is 15.8 Å². The highest BCUT2D eigenvalue weighted by Crippen LogP contribution is 2.38. The molecule has 20 heavy (non-hydrogen) atoms. The summed E-state index contributed by atoms with van der Waals surface area (Å²) >= 11 is 1.50. The van der Waals surface area contributed by atoms with E-state index in [1.54, 1.807) is 17.5 Å². The molecular weight excluding hydrogens is 276 g/mol. The molecule has 0 unspecified atom stereocenters. The van der Waals surface area contributed by atoms with E-state index in [-0.39, 0.29) is 11.7 Å². The van der Waals surface area contributed by atoms with Crippen LogP contribution >= 0.6 is 11.3 Å². The van der Waals surface area contributed by atoms with Crippen LogP contribution in [0.25, 0.3) is 0 Å². The third-order valence-corrected chi connectivity index (χ3v) is 4.58. The van der Waals surface area contributed by atoms with Crippen LogP contribution in [-0.2, 0) is 11.3 Å². The predicted octanol–water partition coefficient (Wildman–Crippen LogP) is 1.80. The first-order valence-corrected chi connectivity index (χ1v) is 7.65. The molecule has 1 fully saturated rings. The first kappa shape index (κ1) is 14.8. The summed E-state index contributed by atoms with van der Waals surface area (Å²) in [6.07, 6.45) is 4.22. The lowest BCUT2D eigenvalue weighted by Gasteiger charge is -2.37. The van der Waals surface area contributed by atoms with Crippen molar-refractivity contribution in [3.05, 3.63) is 16.6 Å². The third kappa shape index (κ3) is 2.77. The van der Waals surface area contributed by atoms with E-state index in [1.807, 2.05) is 5.38 Å². The molecule has 1 heterocycles. The molecule has 6 nitrogen and oxygen atoms in total. The van der Waals surface area contributed by atoms with Gasteiger partial charge in [0.1, 0.15) is 5.41 Å². The smallest absolute Gasteiger partial charge is 0.236 e. The Balaban J connectivity index is 2.18. The maximum atomic E-state index is 12.8. The average Bonchev–Trinajstić information content (AvgIpc) is 2.99. The molecule has 0 aromatic carbocycles. The molecular formula is C13H20N4O2S. The van der Waals surface area contributed by atoms with Gasteiger partial charge in [0.05, 0.1) is 17.7 Å². The summed E-state index contributed by atoms with van der Waals surface area (Å²) in [5, 5.41) is 14.1. The van der Waals surface area contributed by atoms with E-state index in [2.05, 4.69) is 10.1 Å². The Kier molecular flexibility index (Phi) is 4.59. The first-order chi connectivity index (χ1) is 9.60. The molecule has 0 saturated heterocycles. The number of oxime groups is 1. The quantitative estimate of drug-likeness (QED) is 0.383. The Morgan fingerprint density at radius 2 is 2.25 bits per heavy atom. The van der Waals surface area contributed by atoms with Gasteiger partial charge in [-0.15, -0.1) is 11.3 Å². The van der Waals surface area contributed by atoms with Crippen LogP contribution in [0.5, 0.6) is 0 Å². The van der Waals surface area contributed by atoms with Crippen molar-refractivity contribution >= 4 is 23.1 Å². The number of amides is 1. The minimum atomic E-state index is -0.849. The molecule has 1 aliphatic rings. The molecule has 2 rings (SSSR count). The summed E-state index contributed by atoms with van der Waals surface area (Å²) in [5.41, 5.74) is 7.59. The molecule has 1 aromatic rings. The number of carbonyl (C=O) groups excluding carboxylic acids is 1. The molecule has 110 valence electrons. The van der Waals surface area contributed by atoms with E-state index < -0.39 is 5.41 Å². The number of nitrogens with two attached hydrogens (primary N) is 1. The van der Waals surface area contributed by atoms with Crippen LogP contribution < -0.4 is 5.73 Å². The highest BCUT2D eigenvalue weighted by molar-refractivity contribution is 7.07. The van der Waals surface area contributed by atoms with Crippen LogP contribution in [0.15, 0.2) is 16.0 Å². The molecule has 3 N–H and O–H groups in total. The molecule has 0 atom stereocenters. The van der Waals surface area contributed by atoms with Crippen molar-refractivity contribution < 1.29 is 10.0 Å². The Morgan fingerprint density at radius 3 is 2.80 bits per heavy atom. The van der Waals surface area contributed by atoms with E-state index in [9.17, 15) is 4.79 Å². The Bertz CT molecular complexity index is 481. The zero-order chi connectivity index (χ0) is 14.6. The van der Waals surface area contributed by atoms with Gasteiger partial charge in [-0.2, -0.15) is 0 Å². The Morgan fingerprint density at radius 1 is 1.55 bits per heavy atom. The molecule has 1 amide bonds. The molecule has 0 aliphatic heterocycles. The number of thiazole rings is 1. The number of aromatic nitrogens is 1. The van der Waals surface area contributed by atoms with Crippen molar-refractivity contribution in [1.29, 1.82) is 0 Å². The summed E-state index contributed by atoms with van der Waals surface area (Å²) < 4.78 is 0. The number of amidine groups is 1. The average molecular weight is 296 g/mol. The Hall–Kier alpha value is -1.63. The maximum Gasteiger partial charge on any atom is 0.236 e. The van der Waals surface area contributed by atoms with Crippen molar-refractivity contribution in [3.8, 4) is 0 Å². The molecule has 1 saturated carbocycles. The molecule has 0 radical (unpaired) electrons. The predicted molar refractivity (Wildman–Crippen MR) is 77.5 cm³/mol. The topological polar surface area (TPSA) is 91.8 Å². The minimum Gasteiger partial charge on any atom is -0.409 e. The number of rotatable bonds is 4. The summed E-state index contributed by atoms with van der Waals surface area (Å²) in [6.45, 7) is 0.447. The lowest BCUT2D eigenvalue weighted by atomic mass is 9.72. The second-order valence-electron chi connectivity index (χ2n) is 5.27. The highest BCUT2D eigenvalue weighted by atomic mass is 32.1. The fourth-order valence-corrected chi connectivity index (χ4v) is 3.38. The molecule has 1 aromatic heterocycles. The summed E-state index contributed by atoms with van der Waals surface area (Å²) in [6, 6.07) is 0. The van der Waals surface area contributed by atoms with Crippen molar-refractivity contribution in [2.75, 3.05) is 7.05 Å². The number of carbonyl (C=O) groups is 1. The maximum absolute atomic E-state index is 12.8. The van der Waals surface area contributed by atoms with Crippen LogP contribution in [0.3, 0.4) is 0 Å². The summed E-state index contributed by atoms with van der Waals surface area (Å²) in [7, 11) is 1.74. The second-order valence-corrected chi connectivity index (χ2v) is 5.99.